The van der Waals surface area contributed by atoms with Crippen molar-refractivity contribution in [2.75, 3.05) is 6.54 Å². The summed E-state index contributed by atoms with van der Waals surface area (Å²) in [4.78, 5) is 30.6. The van der Waals surface area contributed by atoms with Gasteiger partial charge in [0.15, 0.2) is 0 Å². The van der Waals surface area contributed by atoms with Crippen LogP contribution in [-0.4, -0.2) is 27.5 Å². The van der Waals surface area contributed by atoms with E-state index in [-0.39, 0.29) is 18.0 Å². The van der Waals surface area contributed by atoms with E-state index in [0.717, 1.165) is 16.6 Å². The molecule has 1 aromatic carbocycles. The maximum Gasteiger partial charge on any atom is 0.256 e. The van der Waals surface area contributed by atoms with Gasteiger partial charge in [-0.3, -0.25) is 9.59 Å². The normalized spacial score (nSPS) is 13.8. The van der Waals surface area contributed by atoms with E-state index in [4.69, 9.17) is 32.1 Å². The Kier molecular flexibility index (Phi) is 4.91. The van der Waals surface area contributed by atoms with Gasteiger partial charge in [-0.05, 0) is 44.9 Å². The molecule has 0 spiro atoms. The number of H-pyrrole nitrogens is 1. The van der Waals surface area contributed by atoms with Crippen molar-refractivity contribution in [2.24, 2.45) is 0 Å². The van der Waals surface area contributed by atoms with Gasteiger partial charge >= 0.3 is 0 Å². The number of benzene rings is 1. The zero-order valence-electron chi connectivity index (χ0n) is 17.6. The van der Waals surface area contributed by atoms with Gasteiger partial charge in [0.05, 0.1) is 34.7 Å². The molecular weight excluding hydrogens is 453 g/mol. The van der Waals surface area contributed by atoms with Gasteiger partial charge in [0.25, 0.3) is 11.5 Å². The van der Waals surface area contributed by atoms with Crippen LogP contribution in [0.5, 0.6) is 0 Å². The van der Waals surface area contributed by atoms with Crippen molar-refractivity contribution in [1.82, 2.24) is 15.0 Å². The molecule has 1 N–H and O–H groups in total. The number of fused-ring (bicyclic) bond motifs is 2. The first kappa shape index (κ1) is 20.8. The number of aromatic amines is 1. The summed E-state index contributed by atoms with van der Waals surface area (Å²) in [5.74, 6) is 0.304. The van der Waals surface area contributed by atoms with Crippen LogP contribution < -0.4 is 5.56 Å². The first-order valence-electron chi connectivity index (χ1n) is 10.1. The summed E-state index contributed by atoms with van der Waals surface area (Å²) in [5.41, 5.74) is 4.35. The Morgan fingerprint density at radius 2 is 1.97 bits per heavy atom. The first-order chi connectivity index (χ1) is 15.3. The Balaban J connectivity index is 1.60. The number of furan rings is 1. The lowest BCUT2D eigenvalue weighted by atomic mass is 9.93. The zero-order valence-corrected chi connectivity index (χ0v) is 19.1. The summed E-state index contributed by atoms with van der Waals surface area (Å²) in [6, 6.07) is 3.55. The first-order valence-corrected chi connectivity index (χ1v) is 10.9. The Labute approximate surface area is 192 Å². The highest BCUT2D eigenvalue weighted by molar-refractivity contribution is 6.39. The predicted octanol–water partition coefficient (Wildman–Crippen LogP) is 5.21. The summed E-state index contributed by atoms with van der Waals surface area (Å²) in [7, 11) is 0. The molecule has 164 valence electrons. The number of hydrogen-bond acceptors (Lipinski definition) is 5. The molecule has 0 atom stereocenters. The summed E-state index contributed by atoms with van der Waals surface area (Å²) in [5, 5.41) is 5.56. The summed E-state index contributed by atoms with van der Waals surface area (Å²) in [6.45, 7) is 5.90. The number of pyridine rings is 1. The van der Waals surface area contributed by atoms with Crippen molar-refractivity contribution in [2.45, 2.75) is 33.7 Å². The van der Waals surface area contributed by atoms with E-state index < -0.39 is 0 Å². The second-order valence-corrected chi connectivity index (χ2v) is 8.76. The smallest absolute Gasteiger partial charge is 0.256 e. The van der Waals surface area contributed by atoms with Crippen LogP contribution in [0.1, 0.15) is 38.6 Å². The molecule has 1 aliphatic rings. The van der Waals surface area contributed by atoms with E-state index in [1.807, 2.05) is 13.8 Å². The van der Waals surface area contributed by atoms with Gasteiger partial charge in [-0.25, -0.2) is 0 Å². The number of nitrogens with one attached hydrogen (secondary N) is 1. The molecule has 0 bridgehead atoms. The summed E-state index contributed by atoms with van der Waals surface area (Å²) >= 11 is 13.3. The van der Waals surface area contributed by atoms with Crippen molar-refractivity contribution < 1.29 is 13.7 Å². The lowest BCUT2D eigenvalue weighted by Crippen LogP contribution is -2.39. The summed E-state index contributed by atoms with van der Waals surface area (Å²) < 4.78 is 10.8. The topological polar surface area (TPSA) is 92.3 Å². The second-order valence-electron chi connectivity index (χ2n) is 7.97. The molecule has 0 saturated heterocycles. The molecule has 0 aliphatic carbocycles. The van der Waals surface area contributed by atoms with Crippen LogP contribution in [0.15, 0.2) is 32.1 Å². The number of halogens is 2. The minimum Gasteiger partial charge on any atom is -0.464 e. The number of hydrogen-bond donors (Lipinski definition) is 1. The number of rotatable bonds is 3. The van der Waals surface area contributed by atoms with Crippen LogP contribution in [0.25, 0.3) is 22.1 Å². The average molecular weight is 472 g/mol. The number of amides is 1. The fraction of sp³-hybridized carbons (Fsp3) is 0.261. The molecule has 1 aliphatic heterocycles. The van der Waals surface area contributed by atoms with Crippen LogP contribution in [0.3, 0.4) is 0 Å². The van der Waals surface area contributed by atoms with Crippen LogP contribution >= 0.6 is 23.2 Å². The molecule has 1 amide bonds. The van der Waals surface area contributed by atoms with E-state index >= 15 is 0 Å². The molecule has 32 heavy (non-hydrogen) atoms. The van der Waals surface area contributed by atoms with Gasteiger partial charge in [-0.1, -0.05) is 28.4 Å². The molecule has 7 nitrogen and oxygen atoms in total. The largest absolute Gasteiger partial charge is 0.464 e. The molecule has 0 radical (unpaired) electrons. The Bertz CT molecular complexity index is 1440. The fourth-order valence-electron chi connectivity index (χ4n) is 4.43. The Morgan fingerprint density at radius 1 is 1.19 bits per heavy atom. The highest BCUT2D eigenvalue weighted by atomic mass is 35.5. The third kappa shape index (κ3) is 3.07. The minimum atomic E-state index is -0.286. The number of carbonyl (C=O) groups excluding carboxylic acids is 1. The van der Waals surface area contributed by atoms with E-state index in [9.17, 15) is 9.59 Å². The van der Waals surface area contributed by atoms with Crippen LogP contribution in [0, 0.1) is 20.8 Å². The molecule has 9 heteroatoms. The molecule has 5 rings (SSSR count). The van der Waals surface area contributed by atoms with Gasteiger partial charge in [0.2, 0.25) is 0 Å². The molecule has 3 aromatic heterocycles. The molecule has 4 heterocycles. The molecule has 0 unspecified atom stereocenters. The van der Waals surface area contributed by atoms with Crippen molar-refractivity contribution in [3.05, 3.63) is 72.6 Å². The van der Waals surface area contributed by atoms with E-state index in [0.29, 0.717) is 62.3 Å². The molecule has 4 aromatic rings. The molecule has 0 fully saturated rings. The van der Waals surface area contributed by atoms with E-state index in [1.165, 1.54) is 6.26 Å². The third-order valence-electron chi connectivity index (χ3n) is 6.02. The molecule has 0 saturated carbocycles. The van der Waals surface area contributed by atoms with Crippen molar-refractivity contribution in [3.8, 4) is 11.1 Å². The SMILES string of the molecule is Cc1noc(C)c1-c1cc(Cl)c2c(c1Cl)C(=O)N(Cc1c(=O)[nH]c(C)c3ccoc13)CC2. The van der Waals surface area contributed by atoms with Crippen LogP contribution in [0.2, 0.25) is 10.0 Å². The fourth-order valence-corrected chi connectivity index (χ4v) is 5.07. The van der Waals surface area contributed by atoms with E-state index in [1.54, 1.807) is 24.0 Å². The number of nitrogens with zero attached hydrogens (tertiary/aromatic N) is 2. The third-order valence-corrected chi connectivity index (χ3v) is 6.75. The highest BCUT2D eigenvalue weighted by Gasteiger charge is 2.32. The number of aromatic nitrogens is 2. The Hall–Kier alpha value is -3.03. The van der Waals surface area contributed by atoms with Crippen LogP contribution in [-0.2, 0) is 13.0 Å². The van der Waals surface area contributed by atoms with Gasteiger partial charge in [-0.15, -0.1) is 0 Å². The lowest BCUT2D eigenvalue weighted by Gasteiger charge is -2.30. The maximum atomic E-state index is 13.5. The van der Waals surface area contributed by atoms with Crippen LogP contribution in [0.4, 0.5) is 0 Å². The number of aryl methyl sites for hydroxylation is 3. The quantitative estimate of drug-likeness (QED) is 0.442. The molecular formula is C23H19Cl2N3O4. The van der Waals surface area contributed by atoms with Crippen molar-refractivity contribution in [1.29, 1.82) is 0 Å². The van der Waals surface area contributed by atoms with Gasteiger partial charge in [0.1, 0.15) is 11.3 Å². The maximum absolute atomic E-state index is 13.5. The highest BCUT2D eigenvalue weighted by Crippen LogP contribution is 2.41. The minimum absolute atomic E-state index is 0.0986. The van der Waals surface area contributed by atoms with Crippen molar-refractivity contribution >= 4 is 40.1 Å². The van der Waals surface area contributed by atoms with Gasteiger partial charge < -0.3 is 18.8 Å². The van der Waals surface area contributed by atoms with Crippen molar-refractivity contribution in [3.63, 3.8) is 0 Å². The van der Waals surface area contributed by atoms with Gasteiger partial charge in [-0.2, -0.15) is 0 Å². The van der Waals surface area contributed by atoms with E-state index in [2.05, 4.69) is 10.1 Å². The average Bonchev–Trinajstić information content (AvgIpc) is 3.36. The Morgan fingerprint density at radius 3 is 2.69 bits per heavy atom. The number of carbonyl (C=O) groups is 1. The zero-order chi connectivity index (χ0) is 22.7. The second kappa shape index (κ2) is 7.53. The summed E-state index contributed by atoms with van der Waals surface area (Å²) in [6.07, 6.45) is 2.06. The standard InChI is InChI=1S/C23H19Cl2N3O4/c1-10-13-5-7-31-21(13)16(22(29)26-10)9-28-6-4-14-17(24)8-15(20(25)19(14)23(28)30)18-11(2)27-32-12(18)3/h5,7-8H,4,6,9H2,1-3H3,(H,26,29). The monoisotopic (exact) mass is 471 g/mol. The predicted molar refractivity (Wildman–Crippen MR) is 121 cm³/mol. The lowest BCUT2D eigenvalue weighted by molar-refractivity contribution is 0.0727. The van der Waals surface area contributed by atoms with Gasteiger partial charge in [0, 0.05) is 33.8 Å².